The van der Waals surface area contributed by atoms with Gasteiger partial charge in [-0.05, 0) is 31.4 Å². The number of imidazole rings is 1. The van der Waals surface area contributed by atoms with Gasteiger partial charge >= 0.3 is 0 Å². The van der Waals surface area contributed by atoms with Gasteiger partial charge in [-0.15, -0.1) is 0 Å². The van der Waals surface area contributed by atoms with E-state index in [-0.39, 0.29) is 5.91 Å². The Bertz CT molecular complexity index is 623. The average molecular weight is 313 g/mol. The molecular formula is C17H23N5O. The molecule has 0 radical (unpaired) electrons. The van der Waals surface area contributed by atoms with Crippen molar-refractivity contribution < 1.29 is 4.79 Å². The molecule has 0 saturated carbocycles. The zero-order valence-electron chi connectivity index (χ0n) is 13.5. The molecule has 3 heterocycles. The van der Waals surface area contributed by atoms with Gasteiger partial charge in [0.1, 0.15) is 11.6 Å². The van der Waals surface area contributed by atoms with Gasteiger partial charge in [0.15, 0.2) is 0 Å². The van der Waals surface area contributed by atoms with E-state index in [2.05, 4.69) is 25.2 Å². The summed E-state index contributed by atoms with van der Waals surface area (Å²) in [6.45, 7) is 4.62. The smallest absolute Gasteiger partial charge is 0.252 e. The molecule has 0 bridgehead atoms. The van der Waals surface area contributed by atoms with Gasteiger partial charge in [0.2, 0.25) is 0 Å². The van der Waals surface area contributed by atoms with E-state index < -0.39 is 0 Å². The Labute approximate surface area is 136 Å². The first-order chi connectivity index (χ1) is 11.3. The summed E-state index contributed by atoms with van der Waals surface area (Å²) >= 11 is 0. The number of anilines is 1. The second kappa shape index (κ2) is 7.26. The molecule has 1 saturated heterocycles. The first kappa shape index (κ1) is 15.5. The van der Waals surface area contributed by atoms with Crippen LogP contribution in [0.25, 0.3) is 0 Å². The number of pyridine rings is 1. The molecule has 1 atom stereocenters. The van der Waals surface area contributed by atoms with Gasteiger partial charge in [0, 0.05) is 44.1 Å². The van der Waals surface area contributed by atoms with Crippen LogP contribution < -0.4 is 10.2 Å². The number of aromatic nitrogens is 3. The lowest BCUT2D eigenvalue weighted by Gasteiger charge is -2.32. The van der Waals surface area contributed by atoms with Crippen LogP contribution in [0.15, 0.2) is 30.7 Å². The molecule has 0 aliphatic carbocycles. The summed E-state index contributed by atoms with van der Waals surface area (Å²) in [5.41, 5.74) is 0.613. The van der Waals surface area contributed by atoms with E-state index >= 15 is 0 Å². The minimum absolute atomic E-state index is 0.0574. The molecule has 23 heavy (non-hydrogen) atoms. The maximum absolute atomic E-state index is 11.9. The zero-order valence-corrected chi connectivity index (χ0v) is 13.5. The Kier molecular flexibility index (Phi) is 4.90. The Morgan fingerprint density at radius 1 is 1.43 bits per heavy atom. The molecule has 2 N–H and O–H groups in total. The predicted octanol–water partition coefficient (Wildman–Crippen LogP) is 2.33. The Hall–Kier alpha value is -2.37. The first-order valence-corrected chi connectivity index (χ1v) is 8.26. The number of nitrogens with one attached hydrogen (secondary N) is 2. The second-order valence-electron chi connectivity index (χ2n) is 5.92. The summed E-state index contributed by atoms with van der Waals surface area (Å²) in [6, 6.07) is 3.79. The second-order valence-corrected chi connectivity index (χ2v) is 5.92. The topological polar surface area (TPSA) is 73.9 Å². The summed E-state index contributed by atoms with van der Waals surface area (Å²) in [6.07, 6.45) is 8.52. The van der Waals surface area contributed by atoms with Gasteiger partial charge < -0.3 is 15.2 Å². The number of carbonyl (C=O) groups is 1. The van der Waals surface area contributed by atoms with Crippen LogP contribution >= 0.6 is 0 Å². The molecule has 1 unspecified atom stereocenters. The Morgan fingerprint density at radius 2 is 2.35 bits per heavy atom. The van der Waals surface area contributed by atoms with Crippen LogP contribution in [0.2, 0.25) is 0 Å². The van der Waals surface area contributed by atoms with Crippen LogP contribution in [-0.2, 0) is 0 Å². The average Bonchev–Trinajstić information content (AvgIpc) is 3.14. The standard InChI is InChI=1S/C17H23N5O/c1-2-7-20-17(23)13-5-6-15(21-11-13)22-10-3-4-14(12-22)16-18-8-9-19-16/h5-6,8-9,11,14H,2-4,7,10,12H2,1H3,(H,18,19)(H,20,23). The molecule has 122 valence electrons. The van der Waals surface area contributed by atoms with Gasteiger partial charge in [-0.3, -0.25) is 4.79 Å². The molecule has 0 aromatic carbocycles. The van der Waals surface area contributed by atoms with Gasteiger partial charge in [-0.2, -0.15) is 0 Å². The molecule has 1 aliphatic heterocycles. The number of hydrogen-bond donors (Lipinski definition) is 2. The lowest BCUT2D eigenvalue weighted by atomic mass is 9.97. The third-order valence-corrected chi connectivity index (χ3v) is 4.20. The number of carbonyl (C=O) groups excluding carboxylic acids is 1. The zero-order chi connectivity index (χ0) is 16.1. The van der Waals surface area contributed by atoms with Crippen molar-refractivity contribution in [3.63, 3.8) is 0 Å². The molecule has 1 fully saturated rings. The lowest BCUT2D eigenvalue weighted by molar-refractivity contribution is 0.0953. The van der Waals surface area contributed by atoms with Crippen LogP contribution in [-0.4, -0.2) is 40.5 Å². The molecular weight excluding hydrogens is 290 g/mol. The molecule has 1 amide bonds. The van der Waals surface area contributed by atoms with E-state index in [0.29, 0.717) is 18.0 Å². The monoisotopic (exact) mass is 313 g/mol. The van der Waals surface area contributed by atoms with Gasteiger partial charge in [0.05, 0.1) is 5.56 Å². The molecule has 6 nitrogen and oxygen atoms in total. The van der Waals surface area contributed by atoms with E-state index in [1.807, 2.05) is 25.3 Å². The quantitative estimate of drug-likeness (QED) is 0.888. The van der Waals surface area contributed by atoms with Crippen LogP contribution in [0.1, 0.15) is 48.3 Å². The number of aromatic amines is 1. The fourth-order valence-corrected chi connectivity index (χ4v) is 2.96. The van der Waals surface area contributed by atoms with Gasteiger partial charge in [0.25, 0.3) is 5.91 Å². The van der Waals surface area contributed by atoms with Crippen LogP contribution in [0.3, 0.4) is 0 Å². The van der Waals surface area contributed by atoms with Crippen LogP contribution in [0.4, 0.5) is 5.82 Å². The van der Waals surface area contributed by atoms with Crippen molar-refractivity contribution in [2.75, 3.05) is 24.5 Å². The lowest BCUT2D eigenvalue weighted by Crippen LogP contribution is -2.35. The third-order valence-electron chi connectivity index (χ3n) is 4.20. The predicted molar refractivity (Wildman–Crippen MR) is 89.6 cm³/mol. The highest BCUT2D eigenvalue weighted by molar-refractivity contribution is 5.94. The maximum Gasteiger partial charge on any atom is 0.252 e. The SMILES string of the molecule is CCCNC(=O)c1ccc(N2CCCC(c3ncc[nH]3)C2)nc1. The normalized spacial score (nSPS) is 18.0. The molecule has 1 aliphatic rings. The fourth-order valence-electron chi connectivity index (χ4n) is 2.96. The van der Waals surface area contributed by atoms with Crippen LogP contribution in [0.5, 0.6) is 0 Å². The molecule has 6 heteroatoms. The maximum atomic E-state index is 11.9. The van der Waals surface area contributed by atoms with E-state index in [0.717, 1.165) is 44.0 Å². The number of hydrogen-bond acceptors (Lipinski definition) is 4. The number of rotatable bonds is 5. The van der Waals surface area contributed by atoms with Crippen molar-refractivity contribution in [3.8, 4) is 0 Å². The fraction of sp³-hybridized carbons (Fsp3) is 0.471. The Balaban J connectivity index is 1.65. The van der Waals surface area contributed by atoms with E-state index in [1.54, 1.807) is 12.4 Å². The first-order valence-electron chi connectivity index (χ1n) is 8.26. The summed E-state index contributed by atoms with van der Waals surface area (Å²) < 4.78 is 0. The summed E-state index contributed by atoms with van der Waals surface area (Å²) in [4.78, 5) is 26.3. The molecule has 3 rings (SSSR count). The highest BCUT2D eigenvalue weighted by Gasteiger charge is 2.23. The number of nitrogens with zero attached hydrogens (tertiary/aromatic N) is 3. The van der Waals surface area contributed by atoms with Crippen molar-refractivity contribution in [3.05, 3.63) is 42.1 Å². The van der Waals surface area contributed by atoms with Crippen molar-refractivity contribution in [2.24, 2.45) is 0 Å². The largest absolute Gasteiger partial charge is 0.356 e. The van der Waals surface area contributed by atoms with E-state index in [4.69, 9.17) is 0 Å². The van der Waals surface area contributed by atoms with Crippen molar-refractivity contribution >= 4 is 11.7 Å². The van der Waals surface area contributed by atoms with Gasteiger partial charge in [-0.25, -0.2) is 9.97 Å². The van der Waals surface area contributed by atoms with Crippen molar-refractivity contribution in [1.29, 1.82) is 0 Å². The summed E-state index contributed by atoms with van der Waals surface area (Å²) in [7, 11) is 0. The molecule has 0 spiro atoms. The molecule has 2 aromatic rings. The number of piperidine rings is 1. The third kappa shape index (κ3) is 3.70. The van der Waals surface area contributed by atoms with E-state index in [1.165, 1.54) is 0 Å². The Morgan fingerprint density at radius 3 is 3.04 bits per heavy atom. The van der Waals surface area contributed by atoms with Crippen molar-refractivity contribution in [2.45, 2.75) is 32.1 Å². The highest BCUT2D eigenvalue weighted by Crippen LogP contribution is 2.27. The minimum Gasteiger partial charge on any atom is -0.356 e. The summed E-state index contributed by atoms with van der Waals surface area (Å²) in [5.74, 6) is 2.32. The highest BCUT2D eigenvalue weighted by atomic mass is 16.1. The molecule has 2 aromatic heterocycles. The minimum atomic E-state index is -0.0574. The van der Waals surface area contributed by atoms with Crippen molar-refractivity contribution in [1.82, 2.24) is 20.3 Å². The summed E-state index contributed by atoms with van der Waals surface area (Å²) in [5, 5.41) is 2.87. The van der Waals surface area contributed by atoms with E-state index in [9.17, 15) is 4.79 Å². The number of H-pyrrole nitrogens is 1. The van der Waals surface area contributed by atoms with Crippen LogP contribution in [0, 0.1) is 0 Å². The number of amides is 1. The van der Waals surface area contributed by atoms with Gasteiger partial charge in [-0.1, -0.05) is 6.92 Å².